The number of aromatic nitrogens is 3. The normalized spacial score (nSPS) is 23.6. The van der Waals surface area contributed by atoms with Gasteiger partial charge in [0, 0.05) is 58.0 Å². The number of carbonyl (C=O) groups is 1. The van der Waals surface area contributed by atoms with Crippen molar-refractivity contribution in [3.63, 3.8) is 0 Å². The summed E-state index contributed by atoms with van der Waals surface area (Å²) in [6.07, 6.45) is 7.31. The molecule has 4 heterocycles. The number of nitrogens with zero attached hydrogens (tertiary/aromatic N) is 6. The minimum absolute atomic E-state index is 0.0291. The Morgan fingerprint density at radius 1 is 1.21 bits per heavy atom. The Kier molecular flexibility index (Phi) is 4.15. The Hall–Kier alpha value is -3.16. The molecule has 2 saturated heterocycles. The highest BCUT2D eigenvalue weighted by atomic mass is 19.1. The summed E-state index contributed by atoms with van der Waals surface area (Å²) in [6, 6.07) is 6.47. The summed E-state index contributed by atoms with van der Waals surface area (Å²) in [5.74, 6) is 1.26. The predicted octanol–water partition coefficient (Wildman–Crippen LogP) is 2.66. The number of hydrogen-bond acceptors (Lipinski definition) is 4. The first-order valence-corrected chi connectivity index (χ1v) is 9.78. The largest absolute Gasteiger partial charge is 0.356 e. The zero-order chi connectivity index (χ0) is 20.1. The molecule has 0 bridgehead atoms. The molecule has 2 aliphatic heterocycles. The Labute approximate surface area is 168 Å². The number of halogens is 1. The van der Waals surface area contributed by atoms with Crippen LogP contribution >= 0.6 is 0 Å². The molecule has 0 unspecified atom stereocenters. The van der Waals surface area contributed by atoms with Crippen LogP contribution in [0.5, 0.6) is 0 Å². The van der Waals surface area contributed by atoms with Crippen LogP contribution in [0.15, 0.2) is 49.1 Å². The van der Waals surface area contributed by atoms with Gasteiger partial charge in [-0.15, -0.1) is 0 Å². The molecule has 2 amide bonds. The van der Waals surface area contributed by atoms with Crippen LogP contribution in [0.3, 0.4) is 0 Å². The van der Waals surface area contributed by atoms with E-state index in [1.54, 1.807) is 43.5 Å². The lowest BCUT2D eigenvalue weighted by molar-refractivity contribution is 0.159. The smallest absolute Gasteiger partial charge is 0.320 e. The fourth-order valence-electron chi connectivity index (χ4n) is 4.87. The van der Waals surface area contributed by atoms with Crippen molar-refractivity contribution in [2.24, 2.45) is 11.8 Å². The summed E-state index contributed by atoms with van der Waals surface area (Å²) in [5.41, 5.74) is 1.67. The van der Waals surface area contributed by atoms with Gasteiger partial charge in [-0.1, -0.05) is 12.1 Å². The third-order valence-electron chi connectivity index (χ3n) is 6.10. The molecule has 150 valence electrons. The summed E-state index contributed by atoms with van der Waals surface area (Å²) < 4.78 is 16.0. The Morgan fingerprint density at radius 3 is 2.86 bits per heavy atom. The average Bonchev–Trinajstić information content (AvgIpc) is 3.40. The summed E-state index contributed by atoms with van der Waals surface area (Å²) in [6.45, 7) is 2.27. The molecule has 0 radical (unpaired) electrons. The third-order valence-corrected chi connectivity index (χ3v) is 6.10. The number of amides is 2. The van der Waals surface area contributed by atoms with E-state index in [4.69, 9.17) is 0 Å². The highest BCUT2D eigenvalue weighted by Crippen LogP contribution is 2.46. The molecule has 3 aromatic rings. The molecule has 5 rings (SSSR count). The van der Waals surface area contributed by atoms with Crippen LogP contribution in [0.25, 0.3) is 5.65 Å². The van der Waals surface area contributed by atoms with Crippen LogP contribution in [0, 0.1) is 17.7 Å². The van der Waals surface area contributed by atoms with Crippen molar-refractivity contribution >= 4 is 17.5 Å². The van der Waals surface area contributed by atoms with Crippen molar-refractivity contribution in [3.05, 3.63) is 60.4 Å². The van der Waals surface area contributed by atoms with Crippen molar-refractivity contribution in [2.75, 3.05) is 38.6 Å². The lowest BCUT2D eigenvalue weighted by Gasteiger charge is -2.32. The number of imidazole rings is 1. The minimum Gasteiger partial charge on any atom is -0.356 e. The van der Waals surface area contributed by atoms with Gasteiger partial charge in [0.2, 0.25) is 0 Å². The molecule has 3 atom stereocenters. The van der Waals surface area contributed by atoms with E-state index in [9.17, 15) is 9.18 Å². The first-order valence-electron chi connectivity index (χ1n) is 9.78. The Bertz CT molecular complexity index is 1070. The predicted molar refractivity (Wildman–Crippen MR) is 107 cm³/mol. The molecule has 7 nitrogen and oxygen atoms in total. The molecule has 1 aromatic carbocycles. The second-order valence-electron chi connectivity index (χ2n) is 8.08. The summed E-state index contributed by atoms with van der Waals surface area (Å²) in [4.78, 5) is 27.3. The van der Waals surface area contributed by atoms with Crippen LogP contribution in [0.1, 0.15) is 11.6 Å². The van der Waals surface area contributed by atoms with E-state index in [-0.39, 0.29) is 23.8 Å². The van der Waals surface area contributed by atoms with Crippen LogP contribution in [-0.4, -0.2) is 63.9 Å². The molecular formula is C21H23FN6O. The number of urea groups is 1. The summed E-state index contributed by atoms with van der Waals surface area (Å²) in [5, 5.41) is 0. The monoisotopic (exact) mass is 394 g/mol. The fraction of sp³-hybridized carbons (Fsp3) is 0.381. The third kappa shape index (κ3) is 2.90. The molecule has 29 heavy (non-hydrogen) atoms. The molecule has 2 aromatic heterocycles. The van der Waals surface area contributed by atoms with Gasteiger partial charge >= 0.3 is 6.03 Å². The van der Waals surface area contributed by atoms with Gasteiger partial charge in [-0.05, 0) is 17.7 Å². The van der Waals surface area contributed by atoms with Crippen molar-refractivity contribution in [1.29, 1.82) is 0 Å². The first kappa shape index (κ1) is 17.9. The molecule has 0 spiro atoms. The number of likely N-dealkylation sites (tertiary alicyclic amines) is 1. The fourth-order valence-corrected chi connectivity index (χ4v) is 4.87. The SMILES string of the molecule is CN(C)C(=O)N1C[C@H]2CN(c3cncc4nccn34)C[C@H]2[C@H]1c1cccc(F)c1. The number of anilines is 1. The van der Waals surface area contributed by atoms with Gasteiger partial charge in [-0.2, -0.15) is 0 Å². The van der Waals surface area contributed by atoms with E-state index >= 15 is 0 Å². The molecule has 2 aliphatic rings. The topological polar surface area (TPSA) is 57.0 Å². The van der Waals surface area contributed by atoms with Gasteiger partial charge < -0.3 is 14.7 Å². The van der Waals surface area contributed by atoms with E-state index < -0.39 is 0 Å². The molecule has 0 saturated carbocycles. The van der Waals surface area contributed by atoms with Crippen molar-refractivity contribution in [2.45, 2.75) is 6.04 Å². The zero-order valence-corrected chi connectivity index (χ0v) is 16.4. The zero-order valence-electron chi connectivity index (χ0n) is 16.4. The van der Waals surface area contributed by atoms with Gasteiger partial charge in [0.1, 0.15) is 11.6 Å². The highest BCUT2D eigenvalue weighted by molar-refractivity contribution is 5.75. The van der Waals surface area contributed by atoms with Gasteiger partial charge in [0.25, 0.3) is 0 Å². The quantitative estimate of drug-likeness (QED) is 0.671. The standard InChI is InChI=1S/C21H23FN6O/c1-25(2)21(29)28-12-15-11-26(19-10-23-9-18-24-6-7-27(18)19)13-17(15)20(28)14-4-3-5-16(22)8-14/h3-10,15,17,20H,11-13H2,1-2H3/t15-,17-,20-/m1/s1. The summed E-state index contributed by atoms with van der Waals surface area (Å²) >= 11 is 0. The maximum Gasteiger partial charge on any atom is 0.320 e. The summed E-state index contributed by atoms with van der Waals surface area (Å²) in [7, 11) is 3.52. The van der Waals surface area contributed by atoms with E-state index in [1.165, 1.54) is 6.07 Å². The first-order chi connectivity index (χ1) is 14.0. The Morgan fingerprint density at radius 2 is 2.07 bits per heavy atom. The van der Waals surface area contributed by atoms with E-state index in [2.05, 4.69) is 14.9 Å². The van der Waals surface area contributed by atoms with Crippen molar-refractivity contribution in [3.8, 4) is 0 Å². The molecule has 0 aliphatic carbocycles. The maximum atomic E-state index is 14.0. The van der Waals surface area contributed by atoms with Crippen LogP contribution < -0.4 is 4.90 Å². The van der Waals surface area contributed by atoms with E-state index in [0.717, 1.165) is 30.1 Å². The molecular weight excluding hydrogens is 371 g/mol. The minimum atomic E-state index is -0.273. The molecule has 8 heteroatoms. The highest BCUT2D eigenvalue weighted by Gasteiger charge is 2.50. The van der Waals surface area contributed by atoms with Gasteiger partial charge in [-0.25, -0.2) is 14.2 Å². The molecule has 2 fully saturated rings. The maximum absolute atomic E-state index is 14.0. The second-order valence-corrected chi connectivity index (χ2v) is 8.08. The van der Waals surface area contributed by atoms with E-state index in [0.29, 0.717) is 12.5 Å². The van der Waals surface area contributed by atoms with Gasteiger partial charge in [0.05, 0.1) is 18.4 Å². The van der Waals surface area contributed by atoms with Crippen LogP contribution in [0.2, 0.25) is 0 Å². The van der Waals surface area contributed by atoms with Gasteiger partial charge in [0.15, 0.2) is 5.65 Å². The van der Waals surface area contributed by atoms with Crippen molar-refractivity contribution < 1.29 is 9.18 Å². The second kappa shape index (κ2) is 6.72. The molecule has 0 N–H and O–H groups in total. The lowest BCUT2D eigenvalue weighted by atomic mass is 9.89. The number of benzene rings is 1. The average molecular weight is 394 g/mol. The van der Waals surface area contributed by atoms with Crippen LogP contribution in [0.4, 0.5) is 15.0 Å². The number of fused-ring (bicyclic) bond motifs is 2. The van der Waals surface area contributed by atoms with Gasteiger partial charge in [-0.3, -0.25) is 9.38 Å². The Balaban J connectivity index is 1.50. The van der Waals surface area contributed by atoms with Crippen molar-refractivity contribution in [1.82, 2.24) is 24.2 Å². The van der Waals surface area contributed by atoms with E-state index in [1.807, 2.05) is 27.8 Å². The van der Waals surface area contributed by atoms with Crippen LogP contribution in [-0.2, 0) is 0 Å². The number of hydrogen-bond donors (Lipinski definition) is 0. The lowest BCUT2D eigenvalue weighted by Crippen LogP contribution is -2.41. The number of carbonyl (C=O) groups excluding carboxylic acids is 1. The number of rotatable bonds is 2.